The van der Waals surface area contributed by atoms with E-state index in [9.17, 15) is 19.5 Å². The molecule has 0 unspecified atom stereocenters. The highest BCUT2D eigenvalue weighted by atomic mass is 16.4. The van der Waals surface area contributed by atoms with Gasteiger partial charge in [-0.2, -0.15) is 0 Å². The van der Waals surface area contributed by atoms with Crippen molar-refractivity contribution < 1.29 is 14.7 Å². The van der Waals surface area contributed by atoms with Crippen LogP contribution in [-0.4, -0.2) is 49.9 Å². The number of aromatic nitrogens is 3. The third-order valence-corrected chi connectivity index (χ3v) is 6.15. The van der Waals surface area contributed by atoms with Gasteiger partial charge in [-0.05, 0) is 37.8 Å². The highest BCUT2D eigenvalue weighted by molar-refractivity contribution is 5.83. The van der Waals surface area contributed by atoms with Crippen LogP contribution in [0.1, 0.15) is 30.5 Å². The van der Waals surface area contributed by atoms with Gasteiger partial charge in [-0.1, -0.05) is 6.42 Å². The predicted octanol–water partition coefficient (Wildman–Crippen LogP) is 1.40. The maximum absolute atomic E-state index is 12.8. The molecule has 1 aliphatic carbocycles. The lowest BCUT2D eigenvalue weighted by Crippen LogP contribution is -2.38. The Bertz CT molecular complexity index is 987. The molecular formula is C20H22N4O4. The van der Waals surface area contributed by atoms with Gasteiger partial charge in [0.1, 0.15) is 5.82 Å². The molecule has 2 atom stereocenters. The van der Waals surface area contributed by atoms with Gasteiger partial charge in [0.05, 0.1) is 11.8 Å². The van der Waals surface area contributed by atoms with Crippen molar-refractivity contribution in [3.8, 4) is 11.4 Å². The number of H-pyrrole nitrogens is 1. The van der Waals surface area contributed by atoms with Crippen molar-refractivity contribution in [2.75, 3.05) is 13.1 Å². The van der Waals surface area contributed by atoms with E-state index in [-0.39, 0.29) is 30.3 Å². The average molecular weight is 382 g/mol. The molecule has 1 amide bonds. The van der Waals surface area contributed by atoms with E-state index >= 15 is 0 Å². The molecule has 2 fully saturated rings. The molecule has 8 nitrogen and oxygen atoms in total. The minimum atomic E-state index is -0.819. The van der Waals surface area contributed by atoms with Crippen LogP contribution in [0.2, 0.25) is 0 Å². The van der Waals surface area contributed by atoms with E-state index in [1.165, 1.54) is 0 Å². The van der Waals surface area contributed by atoms with Crippen molar-refractivity contribution in [2.24, 2.45) is 11.3 Å². The Morgan fingerprint density at radius 1 is 1.36 bits per heavy atom. The molecule has 28 heavy (non-hydrogen) atoms. The van der Waals surface area contributed by atoms with Crippen LogP contribution in [-0.2, 0) is 16.0 Å². The van der Waals surface area contributed by atoms with Gasteiger partial charge in [0, 0.05) is 42.3 Å². The van der Waals surface area contributed by atoms with Gasteiger partial charge in [0.25, 0.3) is 5.56 Å². The number of nitrogens with zero attached hydrogens (tertiary/aromatic N) is 3. The molecule has 1 aliphatic heterocycles. The van der Waals surface area contributed by atoms with Gasteiger partial charge >= 0.3 is 5.97 Å². The van der Waals surface area contributed by atoms with E-state index in [4.69, 9.17) is 0 Å². The van der Waals surface area contributed by atoms with Crippen LogP contribution >= 0.6 is 0 Å². The second-order valence-electron chi connectivity index (χ2n) is 7.72. The topological polar surface area (TPSA) is 116 Å². The molecule has 4 rings (SSSR count). The Morgan fingerprint density at radius 2 is 2.11 bits per heavy atom. The number of hydrogen-bond donors (Lipinski definition) is 2. The lowest BCUT2D eigenvalue weighted by atomic mass is 9.81. The smallest absolute Gasteiger partial charge is 0.311 e. The molecule has 0 bridgehead atoms. The van der Waals surface area contributed by atoms with Crippen LogP contribution in [0.5, 0.6) is 0 Å². The van der Waals surface area contributed by atoms with Gasteiger partial charge in [-0.25, -0.2) is 4.98 Å². The Kier molecular flexibility index (Phi) is 4.49. The maximum Gasteiger partial charge on any atom is 0.311 e. The van der Waals surface area contributed by atoms with E-state index in [0.717, 1.165) is 18.4 Å². The molecule has 8 heteroatoms. The first-order valence-electron chi connectivity index (χ1n) is 9.42. The fourth-order valence-corrected chi connectivity index (χ4v) is 4.56. The zero-order valence-electron chi connectivity index (χ0n) is 15.6. The molecule has 0 aromatic carbocycles. The molecule has 0 spiro atoms. The number of carboxylic acids is 1. The summed E-state index contributed by atoms with van der Waals surface area (Å²) in [5, 5.41) is 9.68. The summed E-state index contributed by atoms with van der Waals surface area (Å²) in [6.45, 7) is 2.38. The average Bonchev–Trinajstić information content (AvgIpc) is 3.24. The molecule has 2 aromatic heterocycles. The highest BCUT2D eigenvalue weighted by Crippen LogP contribution is 2.48. The van der Waals surface area contributed by atoms with Gasteiger partial charge in [-0.15, -0.1) is 0 Å². The molecular weight excluding hydrogens is 360 g/mol. The van der Waals surface area contributed by atoms with Crippen molar-refractivity contribution in [1.29, 1.82) is 0 Å². The molecule has 2 aromatic rings. The number of nitrogens with one attached hydrogen (secondary N) is 1. The highest BCUT2D eigenvalue weighted by Gasteiger charge is 2.55. The van der Waals surface area contributed by atoms with E-state index in [0.29, 0.717) is 30.0 Å². The number of aryl methyl sites for hydroxylation is 1. The standard InChI is InChI=1S/C20H22N4O4/c1-12-15(18(26)23-17(22-12)13-4-7-21-8-5-13)9-16(25)24-10-14-3-2-6-20(14,11-24)19(27)28/h4-5,7-8,14H,2-3,6,9-11H2,1H3,(H,27,28)(H,22,23,26)/t14-,20+/m0/s1. The van der Waals surface area contributed by atoms with Gasteiger partial charge in [0.15, 0.2) is 0 Å². The summed E-state index contributed by atoms with van der Waals surface area (Å²) in [7, 11) is 0. The van der Waals surface area contributed by atoms with Crippen LogP contribution in [0, 0.1) is 18.3 Å². The van der Waals surface area contributed by atoms with Crippen molar-refractivity contribution in [2.45, 2.75) is 32.6 Å². The van der Waals surface area contributed by atoms with Crippen molar-refractivity contribution in [3.63, 3.8) is 0 Å². The van der Waals surface area contributed by atoms with Gasteiger partial charge in [0.2, 0.25) is 5.91 Å². The molecule has 1 saturated carbocycles. The number of aromatic amines is 1. The van der Waals surface area contributed by atoms with Crippen LogP contribution in [0.25, 0.3) is 11.4 Å². The number of carbonyl (C=O) groups is 2. The second-order valence-corrected chi connectivity index (χ2v) is 7.72. The third-order valence-electron chi connectivity index (χ3n) is 6.15. The van der Waals surface area contributed by atoms with Gasteiger partial charge in [-0.3, -0.25) is 19.4 Å². The van der Waals surface area contributed by atoms with E-state index in [1.807, 2.05) is 0 Å². The van der Waals surface area contributed by atoms with Gasteiger partial charge < -0.3 is 15.0 Å². The first-order valence-corrected chi connectivity index (χ1v) is 9.42. The summed E-state index contributed by atoms with van der Waals surface area (Å²) in [6, 6.07) is 3.49. The number of aliphatic carboxylic acids is 1. The molecule has 2 aliphatic rings. The number of amides is 1. The minimum Gasteiger partial charge on any atom is -0.481 e. The lowest BCUT2D eigenvalue weighted by molar-refractivity contribution is -0.149. The first-order chi connectivity index (χ1) is 13.4. The number of pyridine rings is 1. The zero-order chi connectivity index (χ0) is 19.9. The molecule has 146 valence electrons. The molecule has 3 heterocycles. The van der Waals surface area contributed by atoms with E-state index < -0.39 is 11.4 Å². The fraction of sp³-hybridized carbons (Fsp3) is 0.450. The minimum absolute atomic E-state index is 0.000484. The largest absolute Gasteiger partial charge is 0.481 e. The second kappa shape index (κ2) is 6.85. The maximum atomic E-state index is 12.8. The molecule has 1 saturated heterocycles. The number of hydrogen-bond acceptors (Lipinski definition) is 5. The SMILES string of the molecule is Cc1nc(-c2ccncc2)[nH]c(=O)c1CC(=O)N1C[C@@H]2CCC[C@@]2(C(=O)O)C1. The summed E-state index contributed by atoms with van der Waals surface area (Å²) in [4.78, 5) is 49.9. The number of carbonyl (C=O) groups excluding carboxylic acids is 1. The Hall–Kier alpha value is -3.03. The summed E-state index contributed by atoms with van der Waals surface area (Å²) < 4.78 is 0. The number of fused-ring (bicyclic) bond motifs is 1. The van der Waals surface area contributed by atoms with Crippen LogP contribution in [0.3, 0.4) is 0 Å². The normalized spacial score (nSPS) is 23.6. The molecule has 0 radical (unpaired) electrons. The monoisotopic (exact) mass is 382 g/mol. The van der Waals surface area contributed by atoms with Crippen molar-refractivity contribution in [1.82, 2.24) is 19.9 Å². The van der Waals surface area contributed by atoms with Crippen LogP contribution < -0.4 is 5.56 Å². The van der Waals surface area contributed by atoms with Crippen molar-refractivity contribution in [3.05, 3.63) is 46.1 Å². The third kappa shape index (κ3) is 2.98. The zero-order valence-corrected chi connectivity index (χ0v) is 15.6. The Labute approximate surface area is 161 Å². The van der Waals surface area contributed by atoms with Crippen LogP contribution in [0.15, 0.2) is 29.3 Å². The Balaban J connectivity index is 1.54. The number of carboxylic acid groups (broad SMARTS) is 1. The molecule has 2 N–H and O–H groups in total. The quantitative estimate of drug-likeness (QED) is 0.826. The van der Waals surface area contributed by atoms with Crippen molar-refractivity contribution >= 4 is 11.9 Å². The van der Waals surface area contributed by atoms with Crippen LogP contribution in [0.4, 0.5) is 0 Å². The number of rotatable bonds is 4. The fourth-order valence-electron chi connectivity index (χ4n) is 4.56. The number of likely N-dealkylation sites (tertiary alicyclic amines) is 1. The summed E-state index contributed by atoms with van der Waals surface area (Å²) in [5.74, 6) is -0.605. The van der Waals surface area contributed by atoms with E-state index in [1.54, 1.807) is 36.4 Å². The Morgan fingerprint density at radius 3 is 2.75 bits per heavy atom. The summed E-state index contributed by atoms with van der Waals surface area (Å²) >= 11 is 0. The first kappa shape index (κ1) is 18.3. The summed E-state index contributed by atoms with van der Waals surface area (Å²) in [5.41, 5.74) is 0.393. The lowest BCUT2D eigenvalue weighted by Gasteiger charge is -2.23. The van der Waals surface area contributed by atoms with E-state index in [2.05, 4.69) is 15.0 Å². The predicted molar refractivity (Wildman–Crippen MR) is 101 cm³/mol. The summed E-state index contributed by atoms with van der Waals surface area (Å²) in [6.07, 6.45) is 5.48.